The molecule has 2 rings (SSSR count). The Morgan fingerprint density at radius 1 is 1.64 bits per heavy atom. The Bertz CT molecular complexity index is 303. The number of ether oxygens (including phenoxy) is 2. The van der Waals surface area contributed by atoms with Gasteiger partial charge in [-0.15, -0.1) is 0 Å². The van der Waals surface area contributed by atoms with Crippen molar-refractivity contribution in [1.82, 2.24) is 4.57 Å². The van der Waals surface area contributed by atoms with Crippen molar-refractivity contribution in [2.24, 2.45) is 5.92 Å². The van der Waals surface area contributed by atoms with E-state index in [2.05, 4.69) is 0 Å². The van der Waals surface area contributed by atoms with Crippen LogP contribution in [0.1, 0.15) is 0 Å². The van der Waals surface area contributed by atoms with Gasteiger partial charge in [0.05, 0.1) is 19.8 Å². The number of hydrogen-bond donors (Lipinski definition) is 0. The molecule has 1 aromatic rings. The van der Waals surface area contributed by atoms with Crippen molar-refractivity contribution in [3.05, 3.63) is 24.5 Å². The Labute approximate surface area is 82.4 Å². The molecule has 0 aromatic carbocycles. The lowest BCUT2D eigenvalue weighted by Gasteiger charge is -2.12. The maximum Gasteiger partial charge on any atom is 0.313 e. The van der Waals surface area contributed by atoms with E-state index in [0.717, 1.165) is 0 Å². The van der Waals surface area contributed by atoms with Gasteiger partial charge in [0.15, 0.2) is 0 Å². The topological polar surface area (TPSA) is 43.8 Å². The zero-order chi connectivity index (χ0) is 9.97. The molecule has 0 amide bonds. The summed E-state index contributed by atoms with van der Waals surface area (Å²) in [7, 11) is 1.41. The number of methoxy groups -OCH3 is 1. The minimum absolute atomic E-state index is 0.0462. The van der Waals surface area contributed by atoms with E-state index in [-0.39, 0.29) is 18.0 Å². The van der Waals surface area contributed by atoms with Crippen molar-refractivity contribution in [3.8, 4) is 0 Å². The number of epoxide rings is 1. The van der Waals surface area contributed by atoms with E-state index in [1.807, 2.05) is 29.1 Å². The van der Waals surface area contributed by atoms with Crippen molar-refractivity contribution in [3.63, 3.8) is 0 Å². The Morgan fingerprint density at radius 3 is 2.79 bits per heavy atom. The van der Waals surface area contributed by atoms with Crippen molar-refractivity contribution in [1.29, 1.82) is 0 Å². The van der Waals surface area contributed by atoms with E-state index in [9.17, 15) is 4.79 Å². The van der Waals surface area contributed by atoms with Gasteiger partial charge in [0, 0.05) is 18.9 Å². The molecular formula is C10H13NO3. The molecule has 0 bridgehead atoms. The van der Waals surface area contributed by atoms with Gasteiger partial charge in [-0.3, -0.25) is 4.79 Å². The highest BCUT2D eigenvalue weighted by Gasteiger charge is 2.38. The van der Waals surface area contributed by atoms with Crippen LogP contribution in [0.2, 0.25) is 0 Å². The Balaban J connectivity index is 2.00. The number of hydrogen-bond acceptors (Lipinski definition) is 3. The zero-order valence-electron chi connectivity index (χ0n) is 8.05. The van der Waals surface area contributed by atoms with Crippen LogP contribution >= 0.6 is 0 Å². The van der Waals surface area contributed by atoms with Gasteiger partial charge < -0.3 is 14.0 Å². The molecule has 76 valence electrons. The van der Waals surface area contributed by atoms with Crippen LogP contribution < -0.4 is 0 Å². The molecule has 14 heavy (non-hydrogen) atoms. The molecule has 1 aliphatic heterocycles. The summed E-state index contributed by atoms with van der Waals surface area (Å²) in [6, 6.07) is 3.87. The van der Waals surface area contributed by atoms with E-state index in [4.69, 9.17) is 9.47 Å². The van der Waals surface area contributed by atoms with Gasteiger partial charge in [0.25, 0.3) is 0 Å². The Morgan fingerprint density at radius 2 is 2.29 bits per heavy atom. The lowest BCUT2D eigenvalue weighted by molar-refractivity contribution is -0.146. The molecule has 0 saturated carbocycles. The number of nitrogens with zero attached hydrogens (tertiary/aromatic N) is 1. The molecule has 0 spiro atoms. The summed E-state index contributed by atoms with van der Waals surface area (Å²) in [6.07, 6.45) is 3.90. The fraction of sp³-hybridized carbons (Fsp3) is 0.500. The number of rotatable bonds is 4. The summed E-state index contributed by atoms with van der Waals surface area (Å²) >= 11 is 0. The molecule has 2 unspecified atom stereocenters. The van der Waals surface area contributed by atoms with E-state index in [1.54, 1.807) is 0 Å². The first-order valence-electron chi connectivity index (χ1n) is 4.61. The third-order valence-corrected chi connectivity index (χ3v) is 2.39. The second kappa shape index (κ2) is 3.84. The molecule has 0 N–H and O–H groups in total. The van der Waals surface area contributed by atoms with Crippen LogP contribution in [0.25, 0.3) is 0 Å². The van der Waals surface area contributed by atoms with Gasteiger partial charge >= 0.3 is 5.97 Å². The first-order chi connectivity index (χ1) is 6.81. The number of aromatic nitrogens is 1. The lowest BCUT2D eigenvalue weighted by Crippen LogP contribution is -2.26. The van der Waals surface area contributed by atoms with Crippen LogP contribution in [-0.2, 0) is 20.8 Å². The quantitative estimate of drug-likeness (QED) is 0.524. The van der Waals surface area contributed by atoms with Crippen LogP contribution in [0.5, 0.6) is 0 Å². The summed E-state index contributed by atoms with van der Waals surface area (Å²) in [5.74, 6) is -0.367. The third-order valence-electron chi connectivity index (χ3n) is 2.39. The van der Waals surface area contributed by atoms with Gasteiger partial charge in [-0.25, -0.2) is 0 Å². The summed E-state index contributed by atoms with van der Waals surface area (Å²) in [4.78, 5) is 11.4. The first-order valence-corrected chi connectivity index (χ1v) is 4.61. The van der Waals surface area contributed by atoms with Crippen LogP contribution in [-0.4, -0.2) is 30.4 Å². The van der Waals surface area contributed by atoms with Gasteiger partial charge in [-0.05, 0) is 12.1 Å². The summed E-state index contributed by atoms with van der Waals surface area (Å²) in [5.41, 5.74) is 0. The van der Waals surface area contributed by atoms with Crippen LogP contribution in [0, 0.1) is 5.92 Å². The van der Waals surface area contributed by atoms with E-state index >= 15 is 0 Å². The molecule has 4 heteroatoms. The van der Waals surface area contributed by atoms with Crippen molar-refractivity contribution >= 4 is 5.97 Å². The van der Waals surface area contributed by atoms with Crippen molar-refractivity contribution < 1.29 is 14.3 Å². The molecule has 1 aliphatic rings. The molecule has 0 aliphatic carbocycles. The second-order valence-electron chi connectivity index (χ2n) is 3.38. The number of carbonyl (C=O) groups excluding carboxylic acids is 1. The molecule has 1 aromatic heterocycles. The minimum atomic E-state index is -0.193. The fourth-order valence-corrected chi connectivity index (χ4v) is 1.50. The fourth-order valence-electron chi connectivity index (χ4n) is 1.50. The minimum Gasteiger partial charge on any atom is -0.469 e. The maximum absolute atomic E-state index is 11.4. The highest BCUT2D eigenvalue weighted by molar-refractivity contribution is 5.73. The van der Waals surface area contributed by atoms with Gasteiger partial charge in [-0.2, -0.15) is 0 Å². The van der Waals surface area contributed by atoms with Crippen LogP contribution in [0.4, 0.5) is 0 Å². The SMILES string of the molecule is COC(=O)C(Cn1cccc1)C1CO1. The first kappa shape index (κ1) is 9.27. The molecule has 1 fully saturated rings. The predicted molar refractivity (Wildman–Crippen MR) is 49.7 cm³/mol. The maximum atomic E-state index is 11.4. The summed E-state index contributed by atoms with van der Waals surface area (Å²) < 4.78 is 11.8. The van der Waals surface area contributed by atoms with Crippen LogP contribution in [0.3, 0.4) is 0 Å². The third kappa shape index (κ3) is 1.96. The van der Waals surface area contributed by atoms with E-state index in [0.29, 0.717) is 13.2 Å². The van der Waals surface area contributed by atoms with E-state index < -0.39 is 0 Å². The van der Waals surface area contributed by atoms with E-state index in [1.165, 1.54) is 7.11 Å². The lowest BCUT2D eigenvalue weighted by atomic mass is 10.1. The average molecular weight is 195 g/mol. The Hall–Kier alpha value is -1.29. The van der Waals surface area contributed by atoms with Gasteiger partial charge in [0.1, 0.15) is 5.92 Å². The molecule has 1 saturated heterocycles. The molecule has 4 nitrogen and oxygen atoms in total. The molecular weight excluding hydrogens is 182 g/mol. The average Bonchev–Trinajstić information content (AvgIpc) is 2.92. The van der Waals surface area contributed by atoms with Gasteiger partial charge in [0.2, 0.25) is 0 Å². The van der Waals surface area contributed by atoms with Crippen molar-refractivity contribution in [2.45, 2.75) is 12.6 Å². The standard InChI is InChI=1S/C10H13NO3/c1-13-10(12)8(9-7-14-9)6-11-4-2-3-5-11/h2-5,8-9H,6-7H2,1H3. The Kier molecular flexibility index (Phi) is 2.54. The smallest absolute Gasteiger partial charge is 0.313 e. The molecule has 2 atom stereocenters. The monoisotopic (exact) mass is 195 g/mol. The van der Waals surface area contributed by atoms with Gasteiger partial charge in [-0.1, -0.05) is 0 Å². The second-order valence-corrected chi connectivity index (χ2v) is 3.38. The highest BCUT2D eigenvalue weighted by atomic mass is 16.6. The predicted octanol–water partition coefficient (Wildman–Crippen LogP) is 0.676. The summed E-state index contributed by atoms with van der Waals surface area (Å²) in [6.45, 7) is 1.30. The molecule has 0 radical (unpaired) electrons. The zero-order valence-corrected chi connectivity index (χ0v) is 8.05. The van der Waals surface area contributed by atoms with Crippen molar-refractivity contribution in [2.75, 3.05) is 13.7 Å². The number of carbonyl (C=O) groups is 1. The largest absolute Gasteiger partial charge is 0.469 e. The van der Waals surface area contributed by atoms with Crippen LogP contribution in [0.15, 0.2) is 24.5 Å². The normalized spacial score (nSPS) is 21.6. The molecule has 2 heterocycles. The number of esters is 1. The summed E-state index contributed by atoms with van der Waals surface area (Å²) in [5, 5.41) is 0. The highest BCUT2D eigenvalue weighted by Crippen LogP contribution is 2.23.